The molecule has 2 aromatic carbocycles. The Morgan fingerprint density at radius 1 is 1.10 bits per heavy atom. The van der Waals surface area contributed by atoms with Crippen molar-refractivity contribution in [3.63, 3.8) is 0 Å². The Kier molecular flexibility index (Phi) is 9.73. The van der Waals surface area contributed by atoms with E-state index in [4.69, 9.17) is 11.6 Å². The van der Waals surface area contributed by atoms with E-state index in [0.29, 0.717) is 17.3 Å². The van der Waals surface area contributed by atoms with E-state index in [-0.39, 0.29) is 17.9 Å². The molecule has 6 heteroatoms. The van der Waals surface area contributed by atoms with Crippen LogP contribution in [0.4, 0.5) is 0 Å². The molecule has 0 fully saturated rings. The van der Waals surface area contributed by atoms with Gasteiger partial charge in [0.2, 0.25) is 11.8 Å². The van der Waals surface area contributed by atoms with Crippen LogP contribution in [-0.2, 0) is 21.9 Å². The highest BCUT2D eigenvalue weighted by Gasteiger charge is 2.26. The van der Waals surface area contributed by atoms with Gasteiger partial charge in [0.15, 0.2) is 0 Å². The van der Waals surface area contributed by atoms with Crippen LogP contribution < -0.4 is 5.32 Å². The summed E-state index contributed by atoms with van der Waals surface area (Å²) in [4.78, 5) is 27.4. The molecule has 0 heterocycles. The third-order valence-electron chi connectivity index (χ3n) is 5.01. The van der Waals surface area contributed by atoms with E-state index in [1.165, 1.54) is 11.1 Å². The van der Waals surface area contributed by atoms with Gasteiger partial charge >= 0.3 is 0 Å². The van der Waals surface area contributed by atoms with Crippen LogP contribution in [0.15, 0.2) is 48.5 Å². The van der Waals surface area contributed by atoms with Gasteiger partial charge in [-0.2, -0.15) is 0 Å². The van der Waals surface area contributed by atoms with E-state index in [0.717, 1.165) is 17.7 Å². The van der Waals surface area contributed by atoms with Crippen molar-refractivity contribution in [3.05, 3.63) is 70.2 Å². The van der Waals surface area contributed by atoms with Gasteiger partial charge in [-0.3, -0.25) is 9.59 Å². The number of carbonyl (C=O) groups is 2. The molecule has 2 unspecified atom stereocenters. The standard InChI is InChI=1S/C24H31ClN2O2S/c1-5-18(3)26-24(29)19(4)27(14-20-9-11-22(25)12-10-20)23(28)16-30-15-21-8-6-7-17(2)13-21/h6-13,18-19H,5,14-16H2,1-4H3,(H,26,29). The van der Waals surface area contributed by atoms with Crippen LogP contribution in [-0.4, -0.2) is 34.6 Å². The molecule has 2 amide bonds. The first kappa shape index (κ1) is 24.3. The average Bonchev–Trinajstić information content (AvgIpc) is 2.72. The van der Waals surface area contributed by atoms with E-state index in [1.807, 2.05) is 32.0 Å². The molecule has 4 nitrogen and oxygen atoms in total. The molecule has 2 atom stereocenters. The van der Waals surface area contributed by atoms with Crippen LogP contribution in [0.2, 0.25) is 5.02 Å². The predicted molar refractivity (Wildman–Crippen MR) is 127 cm³/mol. The van der Waals surface area contributed by atoms with Crippen molar-refractivity contribution in [2.75, 3.05) is 5.75 Å². The predicted octanol–water partition coefficient (Wildman–Crippen LogP) is 5.21. The summed E-state index contributed by atoms with van der Waals surface area (Å²) in [5.41, 5.74) is 3.35. The Hall–Kier alpha value is -1.98. The number of nitrogens with one attached hydrogen (secondary N) is 1. The van der Waals surface area contributed by atoms with Crippen LogP contribution in [0.5, 0.6) is 0 Å². The second-order valence-electron chi connectivity index (χ2n) is 7.62. The normalized spacial score (nSPS) is 12.8. The molecular weight excluding hydrogens is 416 g/mol. The van der Waals surface area contributed by atoms with Gasteiger partial charge in [0, 0.05) is 23.4 Å². The molecule has 0 aliphatic carbocycles. The number of nitrogens with zero attached hydrogens (tertiary/aromatic N) is 1. The zero-order valence-corrected chi connectivity index (χ0v) is 19.7. The lowest BCUT2D eigenvalue weighted by Gasteiger charge is -2.29. The fourth-order valence-corrected chi connectivity index (χ4v) is 3.96. The lowest BCUT2D eigenvalue weighted by molar-refractivity contribution is -0.138. The number of rotatable bonds is 10. The van der Waals surface area contributed by atoms with Crippen LogP contribution in [0.3, 0.4) is 0 Å². The summed E-state index contributed by atoms with van der Waals surface area (Å²) in [6.07, 6.45) is 0.843. The third-order valence-corrected chi connectivity index (χ3v) is 6.25. The molecule has 2 aromatic rings. The first-order chi connectivity index (χ1) is 14.3. The highest BCUT2D eigenvalue weighted by molar-refractivity contribution is 7.99. The van der Waals surface area contributed by atoms with Gasteiger partial charge in [0.25, 0.3) is 0 Å². The van der Waals surface area contributed by atoms with Crippen molar-refractivity contribution < 1.29 is 9.59 Å². The Bertz CT molecular complexity index is 841. The highest BCUT2D eigenvalue weighted by Crippen LogP contribution is 2.18. The van der Waals surface area contributed by atoms with Crippen molar-refractivity contribution >= 4 is 35.2 Å². The molecule has 0 radical (unpaired) electrons. The summed E-state index contributed by atoms with van der Waals surface area (Å²) >= 11 is 7.55. The first-order valence-corrected chi connectivity index (χ1v) is 11.8. The maximum Gasteiger partial charge on any atom is 0.242 e. The maximum atomic E-state index is 13.1. The molecule has 0 bridgehead atoms. The SMILES string of the molecule is CCC(C)NC(=O)C(C)N(Cc1ccc(Cl)cc1)C(=O)CSCc1cccc(C)c1. The van der Waals surface area contributed by atoms with Crippen LogP contribution in [0, 0.1) is 6.92 Å². The molecule has 162 valence electrons. The Morgan fingerprint density at radius 2 is 1.80 bits per heavy atom. The van der Waals surface area contributed by atoms with E-state index in [2.05, 4.69) is 30.4 Å². The van der Waals surface area contributed by atoms with Gasteiger partial charge in [0.1, 0.15) is 6.04 Å². The van der Waals surface area contributed by atoms with Gasteiger partial charge < -0.3 is 10.2 Å². The fraction of sp³-hybridized carbons (Fsp3) is 0.417. The zero-order chi connectivity index (χ0) is 22.1. The van der Waals surface area contributed by atoms with Crippen molar-refractivity contribution in [2.45, 2.75) is 58.5 Å². The summed E-state index contributed by atoms with van der Waals surface area (Å²) in [5, 5.41) is 3.63. The van der Waals surface area contributed by atoms with Gasteiger partial charge in [-0.15, -0.1) is 11.8 Å². The Morgan fingerprint density at radius 3 is 2.43 bits per heavy atom. The smallest absolute Gasteiger partial charge is 0.242 e. The van der Waals surface area contributed by atoms with Gasteiger partial charge in [-0.05, 0) is 50.5 Å². The molecule has 1 N–H and O–H groups in total. The quantitative estimate of drug-likeness (QED) is 0.544. The summed E-state index contributed by atoms with van der Waals surface area (Å²) in [6, 6.07) is 15.2. The first-order valence-electron chi connectivity index (χ1n) is 10.3. The number of halogens is 1. The topological polar surface area (TPSA) is 49.4 Å². The van der Waals surface area contributed by atoms with Gasteiger partial charge in [-0.1, -0.05) is 60.5 Å². The Labute approximate surface area is 189 Å². The summed E-state index contributed by atoms with van der Waals surface area (Å²) in [6.45, 7) is 8.21. The molecule has 0 saturated heterocycles. The van der Waals surface area contributed by atoms with Gasteiger partial charge in [-0.25, -0.2) is 0 Å². The largest absolute Gasteiger partial charge is 0.352 e. The maximum absolute atomic E-state index is 13.1. The number of carbonyl (C=O) groups excluding carboxylic acids is 2. The highest BCUT2D eigenvalue weighted by atomic mass is 35.5. The fourth-order valence-electron chi connectivity index (χ4n) is 2.98. The van der Waals surface area contributed by atoms with Crippen LogP contribution >= 0.6 is 23.4 Å². The minimum Gasteiger partial charge on any atom is -0.352 e. The van der Waals surface area contributed by atoms with E-state index < -0.39 is 6.04 Å². The van der Waals surface area contributed by atoms with E-state index >= 15 is 0 Å². The number of thioether (sulfide) groups is 1. The number of hydrogen-bond donors (Lipinski definition) is 1. The molecule has 0 saturated carbocycles. The zero-order valence-electron chi connectivity index (χ0n) is 18.2. The summed E-state index contributed by atoms with van der Waals surface area (Å²) < 4.78 is 0. The second-order valence-corrected chi connectivity index (χ2v) is 9.05. The molecule has 0 spiro atoms. The van der Waals surface area contributed by atoms with Crippen LogP contribution in [0.1, 0.15) is 43.9 Å². The van der Waals surface area contributed by atoms with Crippen molar-refractivity contribution in [1.82, 2.24) is 10.2 Å². The molecule has 0 aliphatic rings. The van der Waals surface area contributed by atoms with Gasteiger partial charge in [0.05, 0.1) is 5.75 Å². The summed E-state index contributed by atoms with van der Waals surface area (Å²) in [5.74, 6) is 0.905. The minimum atomic E-state index is -0.554. The summed E-state index contributed by atoms with van der Waals surface area (Å²) in [7, 11) is 0. The third kappa shape index (κ3) is 7.69. The number of benzene rings is 2. The molecule has 0 aliphatic heterocycles. The number of aryl methyl sites for hydroxylation is 1. The molecular formula is C24H31ClN2O2S. The minimum absolute atomic E-state index is 0.0468. The molecule has 0 aromatic heterocycles. The number of amides is 2. The lowest BCUT2D eigenvalue weighted by Crippen LogP contribution is -2.50. The second kappa shape index (κ2) is 12.0. The average molecular weight is 447 g/mol. The van der Waals surface area contributed by atoms with Crippen molar-refractivity contribution in [1.29, 1.82) is 0 Å². The Balaban J connectivity index is 2.07. The lowest BCUT2D eigenvalue weighted by atomic mass is 10.1. The molecule has 2 rings (SSSR count). The van der Waals surface area contributed by atoms with E-state index in [1.54, 1.807) is 35.7 Å². The number of hydrogen-bond acceptors (Lipinski definition) is 3. The monoisotopic (exact) mass is 446 g/mol. The molecule has 30 heavy (non-hydrogen) atoms. The van der Waals surface area contributed by atoms with Crippen LogP contribution in [0.25, 0.3) is 0 Å². The van der Waals surface area contributed by atoms with Crippen molar-refractivity contribution in [2.24, 2.45) is 0 Å². The van der Waals surface area contributed by atoms with Crippen molar-refractivity contribution in [3.8, 4) is 0 Å². The van der Waals surface area contributed by atoms with E-state index in [9.17, 15) is 9.59 Å².